The van der Waals surface area contributed by atoms with Crippen molar-refractivity contribution in [1.29, 1.82) is 0 Å². The van der Waals surface area contributed by atoms with E-state index in [9.17, 15) is 19.2 Å². The first kappa shape index (κ1) is 31.5. The molecule has 2 aliphatic rings. The Morgan fingerprint density at radius 1 is 1.05 bits per heavy atom. The molecule has 1 heterocycles. The Morgan fingerprint density at radius 3 is 2.57 bits per heavy atom. The number of rotatable bonds is 12. The largest absolute Gasteiger partial charge is 0.445 e. The fourth-order valence-corrected chi connectivity index (χ4v) is 5.94. The molecule has 9 nitrogen and oxygen atoms in total. The topological polar surface area (TPSA) is 117 Å². The van der Waals surface area contributed by atoms with E-state index in [2.05, 4.69) is 16.0 Å². The molecule has 2 aromatic rings. The van der Waals surface area contributed by atoms with E-state index in [0.29, 0.717) is 43.3 Å². The van der Waals surface area contributed by atoms with Gasteiger partial charge in [0.05, 0.1) is 6.04 Å². The van der Waals surface area contributed by atoms with Crippen LogP contribution in [0, 0.1) is 5.92 Å². The molecule has 1 saturated heterocycles. The Labute approximate surface area is 252 Å². The molecule has 1 aliphatic carbocycles. The Kier molecular flexibility index (Phi) is 12.2. The molecule has 1 aliphatic heterocycles. The van der Waals surface area contributed by atoms with Crippen molar-refractivity contribution >= 4 is 35.8 Å². The lowest BCUT2D eigenvalue weighted by Crippen LogP contribution is -2.51. The zero-order valence-electron chi connectivity index (χ0n) is 23.9. The molecular weight excluding hydrogens is 556 g/mol. The van der Waals surface area contributed by atoms with E-state index in [1.807, 2.05) is 30.3 Å². The summed E-state index contributed by atoms with van der Waals surface area (Å²) in [7, 11) is 0. The number of carbonyl (C=O) groups excluding carboxylic acids is 4. The highest BCUT2D eigenvalue weighted by atomic mass is 35.5. The molecular formula is C32H41ClN4O5. The van der Waals surface area contributed by atoms with Crippen molar-refractivity contribution in [2.45, 2.75) is 76.1 Å². The fraction of sp³-hybridized carbons (Fsp3) is 0.500. The second-order valence-corrected chi connectivity index (χ2v) is 11.6. The summed E-state index contributed by atoms with van der Waals surface area (Å²) >= 11 is 6.01. The number of alkyl carbamates (subject to hydrolysis) is 1. The molecule has 3 amide bonds. The van der Waals surface area contributed by atoms with Crippen LogP contribution >= 0.6 is 11.6 Å². The Morgan fingerprint density at radius 2 is 1.83 bits per heavy atom. The number of benzene rings is 2. The van der Waals surface area contributed by atoms with Crippen molar-refractivity contribution in [2.24, 2.45) is 5.92 Å². The predicted octanol–water partition coefficient (Wildman–Crippen LogP) is 4.54. The number of aldehydes is 1. The van der Waals surface area contributed by atoms with Gasteiger partial charge in [-0.05, 0) is 42.0 Å². The van der Waals surface area contributed by atoms with E-state index in [1.54, 1.807) is 29.2 Å². The van der Waals surface area contributed by atoms with E-state index in [-0.39, 0.29) is 31.4 Å². The molecule has 42 heavy (non-hydrogen) atoms. The molecule has 0 spiro atoms. The van der Waals surface area contributed by atoms with Gasteiger partial charge in [-0.1, -0.05) is 86.2 Å². The van der Waals surface area contributed by atoms with Crippen LogP contribution in [0.4, 0.5) is 4.79 Å². The van der Waals surface area contributed by atoms with E-state index >= 15 is 0 Å². The minimum absolute atomic E-state index is 0.0143. The summed E-state index contributed by atoms with van der Waals surface area (Å²) in [5, 5.41) is 9.46. The molecule has 0 radical (unpaired) electrons. The van der Waals surface area contributed by atoms with Gasteiger partial charge in [0.15, 0.2) is 0 Å². The van der Waals surface area contributed by atoms with Crippen molar-refractivity contribution < 1.29 is 23.9 Å². The highest BCUT2D eigenvalue weighted by Crippen LogP contribution is 2.27. The fourth-order valence-electron chi connectivity index (χ4n) is 5.73. The van der Waals surface area contributed by atoms with E-state index in [1.165, 1.54) is 6.42 Å². The summed E-state index contributed by atoms with van der Waals surface area (Å²) in [4.78, 5) is 52.7. The van der Waals surface area contributed by atoms with Crippen LogP contribution in [0.15, 0.2) is 54.6 Å². The van der Waals surface area contributed by atoms with Crippen LogP contribution in [0.2, 0.25) is 5.02 Å². The summed E-state index contributed by atoms with van der Waals surface area (Å²) < 4.78 is 5.36. The Bertz CT molecular complexity index is 1190. The molecule has 3 atom stereocenters. The summed E-state index contributed by atoms with van der Waals surface area (Å²) in [5.74, 6) is -0.208. The van der Waals surface area contributed by atoms with Crippen molar-refractivity contribution in [2.75, 3.05) is 19.6 Å². The lowest BCUT2D eigenvalue weighted by molar-refractivity contribution is -0.133. The average molecular weight is 597 g/mol. The van der Waals surface area contributed by atoms with E-state index in [4.69, 9.17) is 16.3 Å². The molecule has 4 rings (SSSR count). The maximum atomic E-state index is 13.3. The van der Waals surface area contributed by atoms with Crippen LogP contribution in [0.25, 0.3) is 0 Å². The van der Waals surface area contributed by atoms with Crippen LogP contribution in [0.3, 0.4) is 0 Å². The van der Waals surface area contributed by atoms with Gasteiger partial charge in [0.1, 0.15) is 18.9 Å². The van der Waals surface area contributed by atoms with Gasteiger partial charge in [-0.2, -0.15) is 0 Å². The number of hydrogen-bond acceptors (Lipinski definition) is 6. The van der Waals surface area contributed by atoms with Gasteiger partial charge in [-0.15, -0.1) is 0 Å². The quantitative estimate of drug-likeness (QED) is 0.310. The van der Waals surface area contributed by atoms with Crippen LogP contribution in [-0.2, 0) is 25.7 Å². The van der Waals surface area contributed by atoms with Crippen LogP contribution in [0.1, 0.15) is 68.5 Å². The number of ether oxygens (including phenoxy) is 1. The predicted molar refractivity (Wildman–Crippen MR) is 161 cm³/mol. The van der Waals surface area contributed by atoms with E-state index in [0.717, 1.165) is 36.8 Å². The SMILES string of the molecule is O=C[C@H](CCC(=O)N1CCNC(c2ccccc2)C1)NC(=O)[C@H](CC1CCCCC1)NC(=O)OCc1cccc(Cl)c1. The molecule has 2 aromatic carbocycles. The van der Waals surface area contributed by atoms with Gasteiger partial charge in [-0.25, -0.2) is 4.79 Å². The molecule has 10 heteroatoms. The van der Waals surface area contributed by atoms with Gasteiger partial charge < -0.3 is 30.4 Å². The maximum Gasteiger partial charge on any atom is 0.408 e. The average Bonchev–Trinajstić information content (AvgIpc) is 3.02. The minimum atomic E-state index is -0.849. The number of nitrogens with zero attached hydrogens (tertiary/aromatic N) is 1. The Hall–Kier alpha value is -3.43. The molecule has 226 valence electrons. The normalized spacial score (nSPS) is 18.9. The minimum Gasteiger partial charge on any atom is -0.445 e. The van der Waals surface area contributed by atoms with Crippen molar-refractivity contribution in [3.63, 3.8) is 0 Å². The number of amides is 3. The number of carbonyl (C=O) groups is 4. The lowest BCUT2D eigenvalue weighted by Gasteiger charge is -2.34. The first-order chi connectivity index (χ1) is 20.4. The monoisotopic (exact) mass is 596 g/mol. The van der Waals surface area contributed by atoms with Crippen LogP contribution in [-0.4, -0.2) is 60.8 Å². The molecule has 1 saturated carbocycles. The van der Waals surface area contributed by atoms with Crippen molar-refractivity contribution in [3.8, 4) is 0 Å². The standard InChI is InChI=1S/C32H41ClN4O5/c33-26-13-7-10-24(18-26)22-42-32(41)36-28(19-23-8-3-1-4-9-23)31(40)35-27(21-38)14-15-30(39)37-17-16-34-29(20-37)25-11-5-2-6-12-25/h2,5-7,10-13,18,21,23,27-29,34H,1,3-4,8-9,14-17,19-20,22H2,(H,35,40)(H,36,41)/t27-,28-,29?/m0/s1. The third-order valence-electron chi connectivity index (χ3n) is 8.05. The smallest absolute Gasteiger partial charge is 0.408 e. The summed E-state index contributed by atoms with van der Waals surface area (Å²) in [6.07, 6.45) is 6.06. The summed E-state index contributed by atoms with van der Waals surface area (Å²) in [6, 6.07) is 15.4. The molecule has 2 fully saturated rings. The maximum absolute atomic E-state index is 13.3. The summed E-state index contributed by atoms with van der Waals surface area (Å²) in [6.45, 7) is 1.83. The third kappa shape index (κ3) is 9.84. The second kappa shape index (κ2) is 16.3. The van der Waals surface area contributed by atoms with Crippen molar-refractivity contribution in [1.82, 2.24) is 20.9 Å². The number of hydrogen-bond donors (Lipinski definition) is 3. The molecule has 3 N–H and O–H groups in total. The number of nitrogens with one attached hydrogen (secondary N) is 3. The van der Waals surface area contributed by atoms with Gasteiger partial charge in [0.25, 0.3) is 0 Å². The number of halogens is 1. The first-order valence-electron chi connectivity index (χ1n) is 14.9. The third-order valence-corrected chi connectivity index (χ3v) is 8.29. The first-order valence-corrected chi connectivity index (χ1v) is 15.3. The zero-order chi connectivity index (χ0) is 29.7. The molecule has 1 unspecified atom stereocenters. The van der Waals surface area contributed by atoms with Gasteiger partial charge in [0, 0.05) is 37.1 Å². The summed E-state index contributed by atoms with van der Waals surface area (Å²) in [5.41, 5.74) is 1.85. The van der Waals surface area contributed by atoms with Gasteiger partial charge in [0.2, 0.25) is 11.8 Å². The van der Waals surface area contributed by atoms with Crippen LogP contribution in [0.5, 0.6) is 0 Å². The van der Waals surface area contributed by atoms with Gasteiger partial charge in [-0.3, -0.25) is 9.59 Å². The highest BCUT2D eigenvalue weighted by molar-refractivity contribution is 6.30. The lowest BCUT2D eigenvalue weighted by atomic mass is 9.84. The Balaban J connectivity index is 1.30. The molecule has 0 aromatic heterocycles. The molecule has 0 bridgehead atoms. The van der Waals surface area contributed by atoms with Gasteiger partial charge >= 0.3 is 6.09 Å². The van der Waals surface area contributed by atoms with E-state index < -0.39 is 24.1 Å². The highest BCUT2D eigenvalue weighted by Gasteiger charge is 2.29. The zero-order valence-corrected chi connectivity index (χ0v) is 24.7. The number of piperazine rings is 1. The second-order valence-electron chi connectivity index (χ2n) is 11.2. The van der Waals surface area contributed by atoms with Crippen molar-refractivity contribution in [3.05, 3.63) is 70.7 Å². The van der Waals surface area contributed by atoms with Crippen LogP contribution < -0.4 is 16.0 Å².